The highest BCUT2D eigenvalue weighted by Gasteiger charge is 2.29. The number of hydrogen-bond acceptors (Lipinski definition) is 2. The van der Waals surface area contributed by atoms with E-state index in [-0.39, 0.29) is 17.8 Å². The second-order valence-corrected chi connectivity index (χ2v) is 4.72. The van der Waals surface area contributed by atoms with Crippen molar-refractivity contribution < 1.29 is 9.18 Å². The van der Waals surface area contributed by atoms with Crippen molar-refractivity contribution in [2.45, 2.75) is 32.2 Å². The van der Waals surface area contributed by atoms with Crippen LogP contribution in [-0.2, 0) is 11.2 Å². The molecule has 2 N–H and O–H groups in total. The number of rotatable bonds is 3. The van der Waals surface area contributed by atoms with Gasteiger partial charge in [-0.15, -0.1) is 0 Å². The van der Waals surface area contributed by atoms with E-state index in [2.05, 4.69) is 0 Å². The number of nitrogens with zero attached hydrogens (tertiary/aromatic N) is 1. The van der Waals surface area contributed by atoms with Crippen LogP contribution in [0.15, 0.2) is 18.2 Å². The molecule has 0 aromatic heterocycles. The molecular formula is C14H19FN2O. The molecule has 1 amide bonds. The lowest BCUT2D eigenvalue weighted by molar-refractivity contribution is -0.133. The monoisotopic (exact) mass is 250 g/mol. The van der Waals surface area contributed by atoms with Crippen LogP contribution in [0.1, 0.15) is 36.9 Å². The summed E-state index contributed by atoms with van der Waals surface area (Å²) in [5.74, 6) is -0.141. The van der Waals surface area contributed by atoms with Gasteiger partial charge in [-0.05, 0) is 37.9 Å². The first kappa shape index (κ1) is 13.0. The molecule has 1 heterocycles. The van der Waals surface area contributed by atoms with Gasteiger partial charge in [0, 0.05) is 18.5 Å². The third-order valence-corrected chi connectivity index (χ3v) is 3.57. The molecule has 1 aromatic rings. The summed E-state index contributed by atoms with van der Waals surface area (Å²) in [6.07, 6.45) is 1.86. The number of hydrogen-bond donors (Lipinski definition) is 1. The molecule has 1 aromatic carbocycles. The van der Waals surface area contributed by atoms with Gasteiger partial charge in [-0.2, -0.15) is 0 Å². The molecule has 0 saturated carbocycles. The Labute approximate surface area is 107 Å². The van der Waals surface area contributed by atoms with Gasteiger partial charge in [0.05, 0.1) is 6.04 Å². The van der Waals surface area contributed by atoms with E-state index >= 15 is 0 Å². The molecule has 18 heavy (non-hydrogen) atoms. The topological polar surface area (TPSA) is 46.3 Å². The molecule has 2 rings (SSSR count). The molecule has 3 nitrogen and oxygen atoms in total. The van der Waals surface area contributed by atoms with E-state index < -0.39 is 0 Å². The van der Waals surface area contributed by atoms with Crippen molar-refractivity contribution in [3.8, 4) is 0 Å². The highest BCUT2D eigenvalue weighted by Crippen LogP contribution is 2.31. The average Bonchev–Trinajstić information content (AvgIpc) is 2.36. The Balaban J connectivity index is 2.19. The number of fused-ring (bicyclic) bond motifs is 1. The smallest absolute Gasteiger partial charge is 0.223 e. The van der Waals surface area contributed by atoms with E-state index in [1.807, 2.05) is 13.0 Å². The van der Waals surface area contributed by atoms with Crippen LogP contribution in [0.2, 0.25) is 0 Å². The molecule has 0 spiro atoms. The van der Waals surface area contributed by atoms with Crippen LogP contribution in [0.4, 0.5) is 4.39 Å². The summed E-state index contributed by atoms with van der Waals surface area (Å²) in [6.45, 7) is 3.07. The van der Waals surface area contributed by atoms with Crippen molar-refractivity contribution in [3.05, 3.63) is 35.1 Å². The number of amides is 1. The van der Waals surface area contributed by atoms with Crippen molar-refractivity contribution in [1.82, 2.24) is 4.90 Å². The van der Waals surface area contributed by atoms with Crippen LogP contribution in [0, 0.1) is 5.82 Å². The molecule has 0 bridgehead atoms. The van der Waals surface area contributed by atoms with E-state index in [9.17, 15) is 9.18 Å². The quantitative estimate of drug-likeness (QED) is 0.892. The summed E-state index contributed by atoms with van der Waals surface area (Å²) >= 11 is 0. The molecule has 0 radical (unpaired) electrons. The molecule has 4 heteroatoms. The van der Waals surface area contributed by atoms with Gasteiger partial charge < -0.3 is 10.6 Å². The van der Waals surface area contributed by atoms with Crippen molar-refractivity contribution in [1.29, 1.82) is 0 Å². The Morgan fingerprint density at radius 3 is 3.06 bits per heavy atom. The standard InChI is InChI=1S/C14H19FN2O/c1-10-14-11(4-2-5-12(14)15)7-9-17(10)13(18)6-3-8-16/h2,4-5,10H,3,6-9,16H2,1H3/t10-/m1/s1. The predicted molar refractivity (Wildman–Crippen MR) is 68.5 cm³/mol. The number of halogens is 1. The van der Waals surface area contributed by atoms with Crippen LogP contribution in [0.3, 0.4) is 0 Å². The Bertz CT molecular complexity index is 447. The maximum atomic E-state index is 13.9. The summed E-state index contributed by atoms with van der Waals surface area (Å²) in [5.41, 5.74) is 7.10. The fourth-order valence-electron chi connectivity index (χ4n) is 2.60. The minimum absolute atomic E-state index is 0.0712. The van der Waals surface area contributed by atoms with Gasteiger partial charge in [0.15, 0.2) is 0 Å². The predicted octanol–water partition coefficient (Wildman–Crippen LogP) is 2.01. The van der Waals surface area contributed by atoms with E-state index in [0.717, 1.165) is 12.0 Å². The molecular weight excluding hydrogens is 231 g/mol. The van der Waals surface area contributed by atoms with E-state index in [1.165, 1.54) is 6.07 Å². The van der Waals surface area contributed by atoms with Gasteiger partial charge >= 0.3 is 0 Å². The zero-order valence-corrected chi connectivity index (χ0v) is 10.7. The zero-order chi connectivity index (χ0) is 13.1. The van der Waals surface area contributed by atoms with Crippen LogP contribution in [0.25, 0.3) is 0 Å². The third kappa shape index (κ3) is 2.38. The fourth-order valence-corrected chi connectivity index (χ4v) is 2.60. The first-order valence-corrected chi connectivity index (χ1v) is 6.42. The zero-order valence-electron chi connectivity index (χ0n) is 10.7. The van der Waals surface area contributed by atoms with E-state index in [1.54, 1.807) is 11.0 Å². The van der Waals surface area contributed by atoms with Crippen molar-refractivity contribution in [2.75, 3.05) is 13.1 Å². The maximum Gasteiger partial charge on any atom is 0.223 e. The van der Waals surface area contributed by atoms with Crippen LogP contribution >= 0.6 is 0 Å². The minimum Gasteiger partial charge on any atom is -0.335 e. The van der Waals surface area contributed by atoms with Gasteiger partial charge in [0.1, 0.15) is 5.82 Å². The largest absolute Gasteiger partial charge is 0.335 e. The van der Waals surface area contributed by atoms with Crippen molar-refractivity contribution in [3.63, 3.8) is 0 Å². The van der Waals surface area contributed by atoms with Gasteiger partial charge in [-0.1, -0.05) is 12.1 Å². The van der Waals surface area contributed by atoms with Gasteiger partial charge in [-0.25, -0.2) is 4.39 Å². The molecule has 1 atom stereocenters. The molecule has 0 unspecified atom stereocenters. The van der Waals surface area contributed by atoms with Gasteiger partial charge in [-0.3, -0.25) is 4.79 Å². The second-order valence-electron chi connectivity index (χ2n) is 4.72. The lowest BCUT2D eigenvalue weighted by Crippen LogP contribution is -2.39. The summed E-state index contributed by atoms with van der Waals surface area (Å²) in [5, 5.41) is 0. The molecule has 0 fully saturated rings. The van der Waals surface area contributed by atoms with E-state index in [4.69, 9.17) is 5.73 Å². The number of nitrogens with two attached hydrogens (primary N) is 1. The van der Waals surface area contributed by atoms with Crippen molar-refractivity contribution in [2.24, 2.45) is 5.73 Å². The summed E-state index contributed by atoms with van der Waals surface area (Å²) < 4.78 is 13.9. The summed E-state index contributed by atoms with van der Waals surface area (Å²) in [4.78, 5) is 13.8. The van der Waals surface area contributed by atoms with Crippen LogP contribution in [0.5, 0.6) is 0 Å². The number of carbonyl (C=O) groups excluding carboxylic acids is 1. The molecule has 0 saturated heterocycles. The third-order valence-electron chi connectivity index (χ3n) is 3.57. The first-order chi connectivity index (χ1) is 8.65. The Morgan fingerprint density at radius 1 is 1.56 bits per heavy atom. The Kier molecular flexibility index (Phi) is 3.97. The molecule has 1 aliphatic rings. The SMILES string of the molecule is C[C@@H]1c2c(F)cccc2CCN1C(=O)CCCN. The highest BCUT2D eigenvalue weighted by molar-refractivity contribution is 5.77. The second kappa shape index (κ2) is 5.48. The normalized spacial score (nSPS) is 18.6. The first-order valence-electron chi connectivity index (χ1n) is 6.42. The van der Waals surface area contributed by atoms with E-state index in [0.29, 0.717) is 31.5 Å². The fraction of sp³-hybridized carbons (Fsp3) is 0.500. The molecule has 98 valence electrons. The minimum atomic E-state index is -0.212. The molecule has 0 aliphatic carbocycles. The Morgan fingerprint density at radius 2 is 2.33 bits per heavy atom. The Hall–Kier alpha value is -1.42. The lowest BCUT2D eigenvalue weighted by Gasteiger charge is -2.35. The summed E-state index contributed by atoms with van der Waals surface area (Å²) in [6, 6.07) is 4.95. The lowest BCUT2D eigenvalue weighted by atomic mass is 9.92. The van der Waals surface area contributed by atoms with Gasteiger partial charge in [0.2, 0.25) is 5.91 Å². The van der Waals surface area contributed by atoms with Gasteiger partial charge in [0.25, 0.3) is 0 Å². The number of benzene rings is 1. The maximum absolute atomic E-state index is 13.9. The average molecular weight is 250 g/mol. The molecule has 1 aliphatic heterocycles. The van der Waals surface area contributed by atoms with Crippen molar-refractivity contribution >= 4 is 5.91 Å². The summed E-state index contributed by atoms with van der Waals surface area (Å²) in [7, 11) is 0. The number of carbonyl (C=O) groups is 1. The van der Waals surface area contributed by atoms with Crippen LogP contribution in [-0.4, -0.2) is 23.9 Å². The van der Waals surface area contributed by atoms with Crippen LogP contribution < -0.4 is 5.73 Å². The highest BCUT2D eigenvalue weighted by atomic mass is 19.1.